The molecule has 0 aliphatic rings. The van der Waals surface area contributed by atoms with Gasteiger partial charge in [-0.05, 0) is 54.1 Å². The second-order valence-electron chi connectivity index (χ2n) is 6.34. The number of hydrogen-bond acceptors (Lipinski definition) is 4. The molecule has 162 valence electrons. The van der Waals surface area contributed by atoms with E-state index in [1.165, 1.54) is 24.3 Å². The number of carbonyl (C=O) groups excluding carboxylic acids is 1. The highest BCUT2D eigenvalue weighted by molar-refractivity contribution is 7.91. The summed E-state index contributed by atoms with van der Waals surface area (Å²) >= 11 is 5.85. The lowest BCUT2D eigenvalue weighted by Crippen LogP contribution is -2.28. The third-order valence-corrected chi connectivity index (χ3v) is 6.40. The standard InChI is InChI=1S/C20H15ClF3N3O3S/c21-17-8-3-14(20(22,23)24)10-18(17)31(29,30)16-6-4-15(5-7-16)27-19(28)26-12-13-2-1-9-25-11-13/h1-11H,12H2,(H2,26,27,28). The fraction of sp³-hybridized carbons (Fsp3) is 0.100. The van der Waals surface area contributed by atoms with Crippen LogP contribution < -0.4 is 10.6 Å². The van der Waals surface area contributed by atoms with Crippen molar-refractivity contribution in [2.24, 2.45) is 0 Å². The molecule has 0 unspecified atom stereocenters. The van der Waals surface area contributed by atoms with Crippen LogP contribution in [0.5, 0.6) is 0 Å². The van der Waals surface area contributed by atoms with Crippen LogP contribution in [0.4, 0.5) is 23.7 Å². The van der Waals surface area contributed by atoms with Crippen LogP contribution in [0.25, 0.3) is 0 Å². The third-order valence-electron chi connectivity index (χ3n) is 4.15. The van der Waals surface area contributed by atoms with Gasteiger partial charge in [-0.2, -0.15) is 13.2 Å². The average molecular weight is 470 g/mol. The van der Waals surface area contributed by atoms with Crippen LogP contribution in [0, 0.1) is 0 Å². The second-order valence-corrected chi connectivity index (χ2v) is 8.67. The van der Waals surface area contributed by atoms with Gasteiger partial charge in [-0.25, -0.2) is 13.2 Å². The zero-order chi connectivity index (χ0) is 22.6. The van der Waals surface area contributed by atoms with E-state index in [4.69, 9.17) is 11.6 Å². The molecule has 31 heavy (non-hydrogen) atoms. The number of urea groups is 1. The van der Waals surface area contributed by atoms with E-state index >= 15 is 0 Å². The number of hydrogen-bond donors (Lipinski definition) is 2. The highest BCUT2D eigenvalue weighted by Crippen LogP contribution is 2.35. The summed E-state index contributed by atoms with van der Waals surface area (Å²) in [5.74, 6) is 0. The number of anilines is 1. The van der Waals surface area contributed by atoms with Gasteiger partial charge in [0.15, 0.2) is 0 Å². The number of pyridine rings is 1. The molecule has 0 radical (unpaired) electrons. The van der Waals surface area contributed by atoms with Gasteiger partial charge in [0.1, 0.15) is 0 Å². The second kappa shape index (κ2) is 8.94. The molecule has 0 spiro atoms. The van der Waals surface area contributed by atoms with Crippen LogP contribution >= 0.6 is 11.6 Å². The van der Waals surface area contributed by atoms with E-state index in [0.29, 0.717) is 12.1 Å². The minimum atomic E-state index is -4.72. The van der Waals surface area contributed by atoms with Crippen molar-refractivity contribution in [1.29, 1.82) is 0 Å². The molecule has 6 nitrogen and oxygen atoms in total. The molecule has 0 aliphatic heterocycles. The van der Waals surface area contributed by atoms with Gasteiger partial charge in [-0.1, -0.05) is 17.7 Å². The number of nitrogens with zero attached hydrogens (tertiary/aromatic N) is 1. The van der Waals surface area contributed by atoms with Crippen molar-refractivity contribution in [2.75, 3.05) is 5.32 Å². The predicted molar refractivity (Wildman–Crippen MR) is 108 cm³/mol. The lowest BCUT2D eigenvalue weighted by atomic mass is 10.2. The van der Waals surface area contributed by atoms with Crippen molar-refractivity contribution in [2.45, 2.75) is 22.5 Å². The molecule has 11 heteroatoms. The monoisotopic (exact) mass is 469 g/mol. The summed E-state index contributed by atoms with van der Waals surface area (Å²) in [5, 5.41) is 4.82. The molecule has 3 aromatic rings. The Morgan fingerprint density at radius 2 is 1.77 bits per heavy atom. The Labute approximate surface area is 181 Å². The van der Waals surface area contributed by atoms with Gasteiger partial charge in [-0.3, -0.25) is 4.98 Å². The quantitative estimate of drug-likeness (QED) is 0.556. The highest BCUT2D eigenvalue weighted by Gasteiger charge is 2.33. The van der Waals surface area contributed by atoms with Crippen LogP contribution in [0.2, 0.25) is 5.02 Å². The first-order chi connectivity index (χ1) is 14.6. The number of carbonyl (C=O) groups is 1. The molecule has 2 amide bonds. The van der Waals surface area contributed by atoms with Gasteiger partial charge >= 0.3 is 12.2 Å². The molecule has 2 N–H and O–H groups in total. The number of benzene rings is 2. The largest absolute Gasteiger partial charge is 0.416 e. The number of nitrogens with one attached hydrogen (secondary N) is 2. The molecular weight excluding hydrogens is 455 g/mol. The van der Waals surface area contributed by atoms with Gasteiger partial charge in [0.25, 0.3) is 0 Å². The van der Waals surface area contributed by atoms with Crippen LogP contribution in [-0.2, 0) is 22.6 Å². The predicted octanol–water partition coefficient (Wildman–Crippen LogP) is 4.91. The summed E-state index contributed by atoms with van der Waals surface area (Å²) < 4.78 is 64.4. The molecule has 0 fully saturated rings. The Morgan fingerprint density at radius 3 is 2.39 bits per heavy atom. The van der Waals surface area contributed by atoms with E-state index in [-0.39, 0.29) is 22.2 Å². The first kappa shape index (κ1) is 22.6. The maximum Gasteiger partial charge on any atom is 0.416 e. The van der Waals surface area contributed by atoms with Crippen molar-refractivity contribution in [3.8, 4) is 0 Å². The molecule has 0 aliphatic carbocycles. The summed E-state index contributed by atoms with van der Waals surface area (Å²) in [7, 11) is -4.31. The molecule has 0 atom stereocenters. The minimum absolute atomic E-state index is 0.236. The van der Waals surface area contributed by atoms with Gasteiger partial charge in [-0.15, -0.1) is 0 Å². The minimum Gasteiger partial charge on any atom is -0.334 e. The molecule has 0 saturated heterocycles. The molecule has 2 aromatic carbocycles. The number of aromatic nitrogens is 1. The van der Waals surface area contributed by atoms with E-state index < -0.39 is 32.5 Å². The highest BCUT2D eigenvalue weighted by atomic mass is 35.5. The van der Waals surface area contributed by atoms with Gasteiger partial charge in [0.2, 0.25) is 9.84 Å². The normalized spacial score (nSPS) is 11.7. The van der Waals surface area contributed by atoms with Crippen molar-refractivity contribution < 1.29 is 26.4 Å². The number of alkyl halides is 3. The Bertz CT molecular complexity index is 1190. The van der Waals surface area contributed by atoms with Crippen molar-refractivity contribution in [1.82, 2.24) is 10.3 Å². The lowest BCUT2D eigenvalue weighted by Gasteiger charge is -2.12. The summed E-state index contributed by atoms with van der Waals surface area (Å²) in [6.07, 6.45) is -1.52. The first-order valence-electron chi connectivity index (χ1n) is 8.73. The molecule has 0 saturated carbocycles. The molecule has 0 bridgehead atoms. The average Bonchev–Trinajstić information content (AvgIpc) is 2.73. The third kappa shape index (κ3) is 5.53. The Kier molecular flexibility index (Phi) is 6.51. The summed E-state index contributed by atoms with van der Waals surface area (Å²) in [6.45, 7) is 0.236. The lowest BCUT2D eigenvalue weighted by molar-refractivity contribution is -0.137. The topological polar surface area (TPSA) is 88.2 Å². The Morgan fingerprint density at radius 1 is 1.06 bits per heavy atom. The van der Waals surface area contributed by atoms with Gasteiger partial charge in [0.05, 0.1) is 20.4 Å². The van der Waals surface area contributed by atoms with Crippen molar-refractivity contribution in [3.05, 3.63) is 83.1 Å². The maximum atomic E-state index is 12.9. The molecule has 1 heterocycles. The zero-order valence-electron chi connectivity index (χ0n) is 15.7. The first-order valence-corrected chi connectivity index (χ1v) is 10.6. The van der Waals surface area contributed by atoms with Crippen LogP contribution in [0.3, 0.4) is 0 Å². The van der Waals surface area contributed by atoms with E-state index in [2.05, 4.69) is 15.6 Å². The fourth-order valence-corrected chi connectivity index (χ4v) is 4.37. The number of sulfone groups is 1. The van der Waals surface area contributed by atoms with Gasteiger partial charge in [0, 0.05) is 24.6 Å². The maximum absolute atomic E-state index is 12.9. The number of rotatable bonds is 5. The van der Waals surface area contributed by atoms with E-state index in [9.17, 15) is 26.4 Å². The summed E-state index contributed by atoms with van der Waals surface area (Å²) in [5.41, 5.74) is -0.0473. The van der Waals surface area contributed by atoms with Crippen LogP contribution in [-0.4, -0.2) is 19.4 Å². The van der Waals surface area contributed by atoms with Gasteiger partial charge < -0.3 is 10.6 Å². The zero-order valence-corrected chi connectivity index (χ0v) is 17.2. The smallest absolute Gasteiger partial charge is 0.334 e. The SMILES string of the molecule is O=C(NCc1cccnc1)Nc1ccc(S(=O)(=O)c2cc(C(F)(F)F)ccc2Cl)cc1. The van der Waals surface area contributed by atoms with E-state index in [1.807, 2.05) is 0 Å². The van der Waals surface area contributed by atoms with Crippen molar-refractivity contribution in [3.63, 3.8) is 0 Å². The Balaban J connectivity index is 1.74. The number of amides is 2. The number of halogens is 4. The van der Waals surface area contributed by atoms with E-state index in [1.54, 1.807) is 24.5 Å². The van der Waals surface area contributed by atoms with Crippen LogP contribution in [0.15, 0.2) is 76.8 Å². The molecular formula is C20H15ClF3N3O3S. The van der Waals surface area contributed by atoms with Crippen LogP contribution in [0.1, 0.15) is 11.1 Å². The Hall–Kier alpha value is -3.11. The molecule has 1 aromatic heterocycles. The fourth-order valence-electron chi connectivity index (χ4n) is 2.59. The molecule has 3 rings (SSSR count). The summed E-state index contributed by atoms with van der Waals surface area (Å²) in [4.78, 5) is 15.0. The summed E-state index contributed by atoms with van der Waals surface area (Å²) in [6, 6.07) is 10.0. The van der Waals surface area contributed by atoms with E-state index in [0.717, 1.165) is 11.6 Å². The van der Waals surface area contributed by atoms with Crippen molar-refractivity contribution >= 4 is 33.2 Å².